The molecule has 0 heterocycles. The lowest BCUT2D eigenvalue weighted by Gasteiger charge is -2.28. The van der Waals surface area contributed by atoms with Gasteiger partial charge in [-0.2, -0.15) is 0 Å². The van der Waals surface area contributed by atoms with Gasteiger partial charge in [0.25, 0.3) is 0 Å². The molecule has 0 aromatic heterocycles. The molecular weight excluding hydrogens is 320 g/mol. The van der Waals surface area contributed by atoms with Crippen molar-refractivity contribution in [2.24, 2.45) is 0 Å². The van der Waals surface area contributed by atoms with Crippen LogP contribution in [0.1, 0.15) is 75.8 Å². The molecule has 2 rings (SSSR count). The van der Waals surface area contributed by atoms with Gasteiger partial charge in [-0.25, -0.2) is 0 Å². The lowest BCUT2D eigenvalue weighted by Crippen LogP contribution is -2.18. The molecule has 0 spiro atoms. The molecule has 0 unspecified atom stereocenters. The average Bonchev–Trinajstić information content (AvgIpc) is 2.45. The quantitative estimate of drug-likeness (QED) is 0.688. The van der Waals surface area contributed by atoms with Crippen LogP contribution >= 0.6 is 0 Å². The Labute approximate surface area is 158 Å². The summed E-state index contributed by atoms with van der Waals surface area (Å²) in [7, 11) is 0. The topological polar surface area (TPSA) is 40.5 Å². The molecule has 0 fully saturated rings. The van der Waals surface area contributed by atoms with Gasteiger partial charge < -0.3 is 10.2 Å². The smallest absolute Gasteiger partial charge is 0.123 e. The minimum Gasteiger partial charge on any atom is -0.508 e. The van der Waals surface area contributed by atoms with Crippen molar-refractivity contribution in [3.05, 3.63) is 58.1 Å². The number of rotatable bonds is 4. The summed E-state index contributed by atoms with van der Waals surface area (Å²) in [5.41, 5.74) is 5.39. The van der Waals surface area contributed by atoms with E-state index in [1.54, 1.807) is 6.07 Å². The van der Waals surface area contributed by atoms with Crippen molar-refractivity contribution in [1.29, 1.82) is 0 Å². The molecule has 2 aromatic rings. The zero-order valence-corrected chi connectivity index (χ0v) is 17.4. The van der Waals surface area contributed by atoms with E-state index in [0.29, 0.717) is 11.5 Å². The molecule has 2 N–H and O–H groups in total. The van der Waals surface area contributed by atoms with Gasteiger partial charge >= 0.3 is 0 Å². The number of aryl methyl sites for hydroxylation is 3. The highest BCUT2D eigenvalue weighted by Crippen LogP contribution is 2.40. The van der Waals surface area contributed by atoms with Gasteiger partial charge in [0.2, 0.25) is 0 Å². The summed E-state index contributed by atoms with van der Waals surface area (Å²) in [5.74, 6) is 0.784. The van der Waals surface area contributed by atoms with E-state index in [9.17, 15) is 10.2 Å². The lowest BCUT2D eigenvalue weighted by molar-refractivity contribution is 0.422. The van der Waals surface area contributed by atoms with Crippen LogP contribution in [0.4, 0.5) is 0 Å². The molecule has 0 aliphatic carbocycles. The van der Waals surface area contributed by atoms with E-state index >= 15 is 0 Å². The van der Waals surface area contributed by atoms with Crippen LogP contribution in [-0.2, 0) is 23.7 Å². The molecule has 0 radical (unpaired) electrons. The zero-order chi connectivity index (χ0) is 19.7. The molecule has 0 aliphatic heterocycles. The van der Waals surface area contributed by atoms with Crippen molar-refractivity contribution < 1.29 is 10.2 Å². The third kappa shape index (κ3) is 5.03. The van der Waals surface area contributed by atoms with Crippen LogP contribution in [-0.4, -0.2) is 10.2 Å². The summed E-state index contributed by atoms with van der Waals surface area (Å²) in [4.78, 5) is 0. The highest BCUT2D eigenvalue weighted by molar-refractivity contribution is 5.50. The van der Waals surface area contributed by atoms with E-state index in [1.165, 1.54) is 11.1 Å². The highest BCUT2D eigenvalue weighted by Gasteiger charge is 2.26. The third-order valence-electron chi connectivity index (χ3n) is 4.84. The molecule has 2 heteroatoms. The van der Waals surface area contributed by atoms with Crippen molar-refractivity contribution in [1.82, 2.24) is 0 Å². The Balaban J connectivity index is 2.26. The standard InChI is InChI=1S/C24H34O2/c1-16-11-17(13-19(25)12-16)9-8-10-18-14-20(23(2,3)4)22(26)21(15-18)24(5,6)7/h11-15,25-26H,8-10H2,1-7H3. The van der Waals surface area contributed by atoms with Gasteiger partial charge in [0, 0.05) is 0 Å². The first kappa shape index (κ1) is 20.4. The minimum atomic E-state index is -0.0948. The molecule has 0 bridgehead atoms. The fraction of sp³-hybridized carbons (Fsp3) is 0.500. The maximum atomic E-state index is 10.8. The largest absolute Gasteiger partial charge is 0.508 e. The number of aromatic hydroxyl groups is 2. The summed E-state index contributed by atoms with van der Waals surface area (Å²) in [6.07, 6.45) is 2.91. The van der Waals surface area contributed by atoms with E-state index in [1.807, 2.05) is 13.0 Å². The molecule has 2 nitrogen and oxygen atoms in total. The molecule has 0 aliphatic rings. The normalized spacial score (nSPS) is 12.4. The molecule has 0 atom stereocenters. The van der Waals surface area contributed by atoms with Crippen LogP contribution in [0, 0.1) is 6.92 Å². The maximum absolute atomic E-state index is 10.8. The van der Waals surface area contributed by atoms with Crippen molar-refractivity contribution in [2.45, 2.75) is 78.6 Å². The highest BCUT2D eigenvalue weighted by atomic mass is 16.3. The summed E-state index contributed by atoms with van der Waals surface area (Å²) >= 11 is 0. The number of benzene rings is 2. The van der Waals surface area contributed by atoms with Gasteiger partial charge in [0.15, 0.2) is 0 Å². The van der Waals surface area contributed by atoms with Gasteiger partial charge in [-0.3, -0.25) is 0 Å². The first-order valence-electron chi connectivity index (χ1n) is 9.54. The van der Waals surface area contributed by atoms with Crippen LogP contribution in [0.15, 0.2) is 30.3 Å². The summed E-state index contributed by atoms with van der Waals surface area (Å²) < 4.78 is 0. The van der Waals surface area contributed by atoms with E-state index in [2.05, 4.69) is 59.7 Å². The Morgan fingerprint density at radius 3 is 1.58 bits per heavy atom. The van der Waals surface area contributed by atoms with Crippen molar-refractivity contribution >= 4 is 0 Å². The predicted molar refractivity (Wildman–Crippen MR) is 110 cm³/mol. The van der Waals surface area contributed by atoms with E-state index < -0.39 is 0 Å². The van der Waals surface area contributed by atoms with Crippen LogP contribution < -0.4 is 0 Å². The summed E-state index contributed by atoms with van der Waals surface area (Å²) in [6, 6.07) is 10.1. The third-order valence-corrected chi connectivity index (χ3v) is 4.84. The van der Waals surface area contributed by atoms with Gasteiger partial charge in [-0.05, 0) is 77.0 Å². The summed E-state index contributed by atoms with van der Waals surface area (Å²) in [6.45, 7) is 14.9. The molecule has 26 heavy (non-hydrogen) atoms. The molecule has 2 aromatic carbocycles. The summed E-state index contributed by atoms with van der Waals surface area (Å²) in [5, 5.41) is 20.6. The second-order valence-electron chi connectivity index (χ2n) is 9.57. The second kappa shape index (κ2) is 7.34. The van der Waals surface area contributed by atoms with Gasteiger partial charge in [0.05, 0.1) is 0 Å². The van der Waals surface area contributed by atoms with Gasteiger partial charge in [0.1, 0.15) is 11.5 Å². The maximum Gasteiger partial charge on any atom is 0.123 e. The zero-order valence-electron chi connectivity index (χ0n) is 17.4. The van der Waals surface area contributed by atoms with Crippen LogP contribution in [0.2, 0.25) is 0 Å². The van der Waals surface area contributed by atoms with E-state index in [0.717, 1.165) is 36.0 Å². The molecule has 142 valence electrons. The molecule has 0 saturated carbocycles. The molecule has 0 amide bonds. The number of phenols is 2. The second-order valence-corrected chi connectivity index (χ2v) is 9.57. The monoisotopic (exact) mass is 354 g/mol. The van der Waals surface area contributed by atoms with Crippen molar-refractivity contribution in [2.75, 3.05) is 0 Å². The lowest BCUT2D eigenvalue weighted by atomic mass is 9.78. The number of hydrogen-bond acceptors (Lipinski definition) is 2. The SMILES string of the molecule is Cc1cc(O)cc(CCCc2cc(C(C)(C)C)c(O)c(C(C)(C)C)c2)c1. The Bertz CT molecular complexity index is 719. The fourth-order valence-corrected chi connectivity index (χ4v) is 3.46. The Kier molecular flexibility index (Phi) is 5.75. The van der Waals surface area contributed by atoms with Gasteiger partial charge in [-0.15, -0.1) is 0 Å². The Hall–Kier alpha value is -1.96. The first-order chi connectivity index (χ1) is 11.9. The van der Waals surface area contributed by atoms with E-state index in [4.69, 9.17) is 0 Å². The Morgan fingerprint density at radius 2 is 1.15 bits per heavy atom. The van der Waals surface area contributed by atoms with Crippen LogP contribution in [0.5, 0.6) is 11.5 Å². The molecule has 0 saturated heterocycles. The van der Waals surface area contributed by atoms with Crippen LogP contribution in [0.25, 0.3) is 0 Å². The van der Waals surface area contributed by atoms with Crippen LogP contribution in [0.3, 0.4) is 0 Å². The fourth-order valence-electron chi connectivity index (χ4n) is 3.46. The predicted octanol–water partition coefficient (Wildman–Crippen LogP) is 6.18. The van der Waals surface area contributed by atoms with Gasteiger partial charge in [-0.1, -0.05) is 59.7 Å². The van der Waals surface area contributed by atoms with Crippen molar-refractivity contribution in [3.63, 3.8) is 0 Å². The minimum absolute atomic E-state index is 0.0948. The first-order valence-corrected chi connectivity index (χ1v) is 9.54. The van der Waals surface area contributed by atoms with Crippen molar-refractivity contribution in [3.8, 4) is 11.5 Å². The number of hydrogen-bond donors (Lipinski definition) is 2. The Morgan fingerprint density at radius 1 is 0.692 bits per heavy atom. The number of phenolic OH excluding ortho intramolecular Hbond substituents is 2. The average molecular weight is 355 g/mol. The van der Waals surface area contributed by atoms with E-state index in [-0.39, 0.29) is 10.8 Å². The molecular formula is C24H34O2.